The highest BCUT2D eigenvalue weighted by atomic mass is 16.5. The minimum atomic E-state index is 0.0558. The predicted molar refractivity (Wildman–Crippen MR) is 181 cm³/mol. The maximum atomic E-state index is 6.71. The zero-order chi connectivity index (χ0) is 30.0. The molecular formula is C40H43NO. The largest absolute Gasteiger partial charge is 0.456 e. The Hall–Kier alpha value is -4.04. The molecule has 214 valence electrons. The Kier molecular flexibility index (Phi) is 6.53. The van der Waals surface area contributed by atoms with Gasteiger partial charge in [0.25, 0.3) is 0 Å². The van der Waals surface area contributed by atoms with Gasteiger partial charge >= 0.3 is 0 Å². The normalized spacial score (nSPS) is 13.1. The third kappa shape index (κ3) is 5.31. The van der Waals surface area contributed by atoms with Crippen molar-refractivity contribution in [2.45, 2.75) is 78.6 Å². The van der Waals surface area contributed by atoms with Crippen molar-refractivity contribution in [1.29, 1.82) is 0 Å². The van der Waals surface area contributed by atoms with Crippen molar-refractivity contribution in [1.82, 2.24) is 0 Å². The Balaban J connectivity index is 1.41. The maximum Gasteiger partial charge on any atom is 0.137 e. The van der Waals surface area contributed by atoms with Crippen molar-refractivity contribution in [2.24, 2.45) is 0 Å². The van der Waals surface area contributed by atoms with Crippen molar-refractivity contribution in [2.75, 3.05) is 5.32 Å². The molecule has 6 rings (SSSR count). The van der Waals surface area contributed by atoms with E-state index in [9.17, 15) is 0 Å². The average molecular weight is 554 g/mol. The summed E-state index contributed by atoms with van der Waals surface area (Å²) in [5, 5.41) is 5.95. The number of hydrogen-bond acceptors (Lipinski definition) is 2. The predicted octanol–water partition coefficient (Wildman–Crippen LogP) is 11.9. The molecule has 1 heterocycles. The molecule has 0 amide bonds. The fourth-order valence-electron chi connectivity index (χ4n) is 5.77. The third-order valence-corrected chi connectivity index (χ3v) is 8.47. The van der Waals surface area contributed by atoms with Crippen molar-refractivity contribution < 1.29 is 4.74 Å². The molecule has 2 nitrogen and oxygen atoms in total. The van der Waals surface area contributed by atoms with Crippen molar-refractivity contribution in [3.05, 3.63) is 108 Å². The Morgan fingerprint density at radius 1 is 0.476 bits per heavy atom. The van der Waals surface area contributed by atoms with Crippen molar-refractivity contribution in [3.63, 3.8) is 0 Å². The number of fused-ring (bicyclic) bond motifs is 2. The molecule has 5 aromatic rings. The SMILES string of the molecule is CC(C)(C)c1ccc(Nc2ccc3c(c2)Oc2cc(-c4cc(C(C)(C)C)cc(C(C)(C)C)c4)cc4cccc-3c24)cc1. The van der Waals surface area contributed by atoms with Crippen LogP contribution in [0, 0.1) is 0 Å². The molecule has 2 heteroatoms. The quantitative estimate of drug-likeness (QED) is 0.235. The standard InChI is InChI=1S/C40H43NO/c1-38(2,3)28-13-15-31(16-14-28)41-32-17-18-33-34-12-10-11-25-19-26(22-36(37(25)34)42-35(33)24-32)27-20-29(39(4,5)6)23-30(21-27)40(7,8)9/h10-24,41H,1-9H3. The van der Waals surface area contributed by atoms with Crippen LogP contribution < -0.4 is 10.1 Å². The van der Waals surface area contributed by atoms with E-state index < -0.39 is 0 Å². The Bertz CT molecular complexity index is 1770. The van der Waals surface area contributed by atoms with Gasteiger partial charge in [-0.25, -0.2) is 0 Å². The first-order valence-electron chi connectivity index (χ1n) is 15.1. The number of rotatable bonds is 3. The van der Waals surface area contributed by atoms with E-state index in [4.69, 9.17) is 4.74 Å². The van der Waals surface area contributed by atoms with Crippen molar-refractivity contribution >= 4 is 22.1 Å². The molecule has 5 aromatic carbocycles. The van der Waals surface area contributed by atoms with Crippen LogP contribution in [0.15, 0.2) is 91.0 Å². The van der Waals surface area contributed by atoms with Gasteiger partial charge < -0.3 is 10.1 Å². The molecule has 0 saturated carbocycles. The van der Waals surface area contributed by atoms with Gasteiger partial charge in [0.05, 0.1) is 0 Å². The van der Waals surface area contributed by atoms with Crippen LogP contribution in [-0.2, 0) is 16.2 Å². The van der Waals surface area contributed by atoms with Crippen LogP contribution in [-0.4, -0.2) is 0 Å². The second-order valence-electron chi connectivity index (χ2n) is 14.9. The molecule has 0 spiro atoms. The first kappa shape index (κ1) is 28.1. The minimum absolute atomic E-state index is 0.0558. The monoisotopic (exact) mass is 553 g/mol. The lowest BCUT2D eigenvalue weighted by atomic mass is 9.78. The summed E-state index contributed by atoms with van der Waals surface area (Å²) in [5.41, 5.74) is 11.1. The zero-order valence-electron chi connectivity index (χ0n) is 26.6. The van der Waals surface area contributed by atoms with Gasteiger partial charge in [-0.2, -0.15) is 0 Å². The van der Waals surface area contributed by atoms with Crippen LogP contribution in [0.25, 0.3) is 33.0 Å². The first-order valence-corrected chi connectivity index (χ1v) is 15.1. The molecule has 42 heavy (non-hydrogen) atoms. The number of ether oxygens (including phenoxy) is 1. The van der Waals surface area contributed by atoms with E-state index in [1.165, 1.54) is 44.2 Å². The summed E-state index contributed by atoms with van der Waals surface area (Å²) in [7, 11) is 0. The number of anilines is 2. The zero-order valence-corrected chi connectivity index (χ0v) is 26.6. The summed E-state index contributed by atoms with van der Waals surface area (Å²) in [6, 6.07) is 33.4. The van der Waals surface area contributed by atoms with Gasteiger partial charge in [-0.3, -0.25) is 0 Å². The first-order chi connectivity index (χ1) is 19.7. The highest BCUT2D eigenvalue weighted by Gasteiger charge is 2.24. The number of benzene rings is 5. The van der Waals surface area contributed by atoms with Gasteiger partial charge in [-0.15, -0.1) is 0 Å². The summed E-state index contributed by atoms with van der Waals surface area (Å²) in [6.07, 6.45) is 0. The summed E-state index contributed by atoms with van der Waals surface area (Å²) in [6.45, 7) is 20.5. The van der Waals surface area contributed by atoms with Crippen LogP contribution in [0.2, 0.25) is 0 Å². The minimum Gasteiger partial charge on any atom is -0.456 e. The van der Waals surface area contributed by atoms with Crippen LogP contribution in [0.5, 0.6) is 11.5 Å². The summed E-state index contributed by atoms with van der Waals surface area (Å²) < 4.78 is 6.71. The molecule has 1 aliphatic rings. The molecule has 1 N–H and O–H groups in total. The lowest BCUT2D eigenvalue weighted by Gasteiger charge is -2.27. The van der Waals surface area contributed by atoms with Gasteiger partial charge in [0.2, 0.25) is 0 Å². The lowest BCUT2D eigenvalue weighted by molar-refractivity contribution is 0.487. The summed E-state index contributed by atoms with van der Waals surface area (Å²) in [5.74, 6) is 1.79. The fourth-order valence-corrected chi connectivity index (χ4v) is 5.77. The molecule has 0 radical (unpaired) electrons. The second-order valence-corrected chi connectivity index (χ2v) is 14.9. The van der Waals surface area contributed by atoms with E-state index in [2.05, 4.69) is 159 Å². The lowest BCUT2D eigenvalue weighted by Crippen LogP contribution is -2.16. The van der Waals surface area contributed by atoms with Gasteiger partial charge in [-0.1, -0.05) is 111 Å². The molecule has 0 aliphatic carbocycles. The average Bonchev–Trinajstić information content (AvgIpc) is 2.91. The van der Waals surface area contributed by atoms with Crippen LogP contribution in [0.4, 0.5) is 11.4 Å². The topological polar surface area (TPSA) is 21.3 Å². The van der Waals surface area contributed by atoms with Gasteiger partial charge in [-0.05, 0) is 91.4 Å². The molecular weight excluding hydrogens is 510 g/mol. The summed E-state index contributed by atoms with van der Waals surface area (Å²) >= 11 is 0. The van der Waals surface area contributed by atoms with E-state index in [0.717, 1.165) is 28.4 Å². The molecule has 0 aromatic heterocycles. The van der Waals surface area contributed by atoms with Crippen LogP contribution >= 0.6 is 0 Å². The third-order valence-electron chi connectivity index (χ3n) is 8.47. The van der Waals surface area contributed by atoms with Crippen LogP contribution in [0.1, 0.15) is 79.0 Å². The molecule has 1 aliphatic heterocycles. The summed E-state index contributed by atoms with van der Waals surface area (Å²) in [4.78, 5) is 0. The van der Waals surface area contributed by atoms with E-state index >= 15 is 0 Å². The molecule has 0 saturated heterocycles. The Morgan fingerprint density at radius 3 is 1.69 bits per heavy atom. The highest BCUT2D eigenvalue weighted by Crippen LogP contribution is 2.49. The van der Waals surface area contributed by atoms with E-state index in [0.29, 0.717) is 0 Å². The Morgan fingerprint density at radius 2 is 1.07 bits per heavy atom. The van der Waals surface area contributed by atoms with Gasteiger partial charge in [0.15, 0.2) is 0 Å². The van der Waals surface area contributed by atoms with E-state index in [1.807, 2.05) is 0 Å². The molecule has 0 bridgehead atoms. The van der Waals surface area contributed by atoms with E-state index in [1.54, 1.807) is 0 Å². The Labute approximate surface area is 251 Å². The highest BCUT2D eigenvalue weighted by molar-refractivity contribution is 6.06. The van der Waals surface area contributed by atoms with Gasteiger partial charge in [0, 0.05) is 28.4 Å². The smallest absolute Gasteiger partial charge is 0.137 e. The van der Waals surface area contributed by atoms with Crippen LogP contribution in [0.3, 0.4) is 0 Å². The molecule has 0 unspecified atom stereocenters. The maximum absolute atomic E-state index is 6.71. The number of nitrogens with one attached hydrogen (secondary N) is 1. The molecule has 0 fully saturated rings. The second kappa shape index (κ2) is 9.76. The number of hydrogen-bond donors (Lipinski definition) is 1. The molecule has 0 atom stereocenters. The fraction of sp³-hybridized carbons (Fsp3) is 0.300. The van der Waals surface area contributed by atoms with Gasteiger partial charge in [0.1, 0.15) is 11.5 Å². The van der Waals surface area contributed by atoms with E-state index in [-0.39, 0.29) is 16.2 Å². The van der Waals surface area contributed by atoms with Crippen molar-refractivity contribution in [3.8, 4) is 33.8 Å².